The zero-order valence-electron chi connectivity index (χ0n) is 11.8. The Balaban J connectivity index is 1.76. The number of alkyl halides is 3. The first-order valence-corrected chi connectivity index (χ1v) is 7.11. The van der Waals surface area contributed by atoms with Crippen LogP contribution in [0.15, 0.2) is 4.52 Å². The Morgan fingerprint density at radius 1 is 1.24 bits per heavy atom. The average molecular weight is 307 g/mol. The molecule has 120 valence electrons. The van der Waals surface area contributed by atoms with Crippen LogP contribution in [0.2, 0.25) is 0 Å². The van der Waals surface area contributed by atoms with E-state index in [1.54, 1.807) is 0 Å². The van der Waals surface area contributed by atoms with E-state index < -0.39 is 12.8 Å². The fourth-order valence-electron chi connectivity index (χ4n) is 2.55. The van der Waals surface area contributed by atoms with Crippen LogP contribution >= 0.6 is 0 Å². The van der Waals surface area contributed by atoms with Gasteiger partial charge in [-0.2, -0.15) is 18.2 Å². The molecule has 1 saturated carbocycles. The van der Waals surface area contributed by atoms with Gasteiger partial charge in [-0.15, -0.1) is 0 Å². The first kappa shape index (κ1) is 16.2. The molecule has 2 N–H and O–H groups in total. The maximum Gasteiger partial charge on any atom is 0.411 e. The lowest BCUT2D eigenvalue weighted by Gasteiger charge is -2.31. The lowest BCUT2D eigenvalue weighted by atomic mass is 9.80. The van der Waals surface area contributed by atoms with Gasteiger partial charge in [-0.3, -0.25) is 0 Å². The summed E-state index contributed by atoms with van der Waals surface area (Å²) in [6.45, 7) is -1.35. The SMILES string of the molecule is NC1(Cc2nc(CCOCC(F)(F)F)no2)CCCCC1. The van der Waals surface area contributed by atoms with Crippen LogP contribution in [-0.4, -0.2) is 35.1 Å². The van der Waals surface area contributed by atoms with Gasteiger partial charge in [0, 0.05) is 18.4 Å². The lowest BCUT2D eigenvalue weighted by Crippen LogP contribution is -2.43. The number of halogens is 3. The molecule has 0 saturated heterocycles. The maximum absolute atomic E-state index is 11.9. The van der Waals surface area contributed by atoms with Crippen LogP contribution in [0.3, 0.4) is 0 Å². The van der Waals surface area contributed by atoms with Crippen LogP contribution in [-0.2, 0) is 17.6 Å². The van der Waals surface area contributed by atoms with E-state index in [0.29, 0.717) is 18.1 Å². The summed E-state index contributed by atoms with van der Waals surface area (Å²) in [5.41, 5.74) is 6.00. The van der Waals surface area contributed by atoms with Crippen LogP contribution in [0.5, 0.6) is 0 Å². The van der Waals surface area contributed by atoms with Crippen LogP contribution in [0, 0.1) is 0 Å². The molecule has 1 fully saturated rings. The second-order valence-corrected chi connectivity index (χ2v) is 5.62. The van der Waals surface area contributed by atoms with Gasteiger partial charge in [-0.05, 0) is 12.8 Å². The molecule has 1 aromatic rings. The van der Waals surface area contributed by atoms with Crippen molar-refractivity contribution in [1.29, 1.82) is 0 Å². The Kier molecular flexibility index (Phi) is 5.21. The van der Waals surface area contributed by atoms with Crippen LogP contribution < -0.4 is 5.73 Å². The number of rotatable bonds is 6. The molecule has 0 spiro atoms. The van der Waals surface area contributed by atoms with Crippen molar-refractivity contribution >= 4 is 0 Å². The summed E-state index contributed by atoms with van der Waals surface area (Å²) in [5.74, 6) is 0.803. The van der Waals surface area contributed by atoms with E-state index in [9.17, 15) is 13.2 Å². The Bertz CT molecular complexity index is 442. The Labute approximate surface area is 121 Å². The molecule has 0 aliphatic heterocycles. The summed E-state index contributed by atoms with van der Waals surface area (Å²) in [5, 5.41) is 3.74. The van der Waals surface area contributed by atoms with Crippen molar-refractivity contribution in [3.05, 3.63) is 11.7 Å². The third kappa shape index (κ3) is 5.62. The van der Waals surface area contributed by atoms with Crippen molar-refractivity contribution < 1.29 is 22.4 Å². The molecule has 8 heteroatoms. The van der Waals surface area contributed by atoms with Gasteiger partial charge in [0.2, 0.25) is 5.89 Å². The second-order valence-electron chi connectivity index (χ2n) is 5.62. The van der Waals surface area contributed by atoms with Gasteiger partial charge >= 0.3 is 6.18 Å². The van der Waals surface area contributed by atoms with Crippen LogP contribution in [0.25, 0.3) is 0 Å². The number of hydrogen-bond acceptors (Lipinski definition) is 5. The summed E-state index contributed by atoms with van der Waals surface area (Å²) < 4.78 is 45.3. The number of aromatic nitrogens is 2. The molecule has 0 bridgehead atoms. The molecule has 1 aliphatic carbocycles. The topological polar surface area (TPSA) is 74.2 Å². The maximum atomic E-state index is 11.9. The normalized spacial score (nSPS) is 18.9. The highest BCUT2D eigenvalue weighted by Gasteiger charge is 2.30. The lowest BCUT2D eigenvalue weighted by molar-refractivity contribution is -0.173. The van der Waals surface area contributed by atoms with Crippen molar-refractivity contribution in [2.75, 3.05) is 13.2 Å². The van der Waals surface area contributed by atoms with Crippen molar-refractivity contribution in [2.24, 2.45) is 5.73 Å². The van der Waals surface area contributed by atoms with Gasteiger partial charge in [-0.1, -0.05) is 24.4 Å². The van der Waals surface area contributed by atoms with Gasteiger partial charge in [0.05, 0.1) is 6.61 Å². The highest BCUT2D eigenvalue weighted by molar-refractivity contribution is 4.97. The van der Waals surface area contributed by atoms with Gasteiger partial charge in [0.15, 0.2) is 5.82 Å². The number of nitrogens with zero attached hydrogens (tertiary/aromatic N) is 2. The zero-order chi connectivity index (χ0) is 15.3. The monoisotopic (exact) mass is 307 g/mol. The minimum atomic E-state index is -4.31. The fourth-order valence-corrected chi connectivity index (χ4v) is 2.55. The smallest absolute Gasteiger partial charge is 0.372 e. The summed E-state index contributed by atoms with van der Waals surface area (Å²) in [4.78, 5) is 4.16. The van der Waals surface area contributed by atoms with E-state index in [2.05, 4.69) is 14.9 Å². The fraction of sp³-hybridized carbons (Fsp3) is 0.846. The van der Waals surface area contributed by atoms with Crippen molar-refractivity contribution in [3.8, 4) is 0 Å². The third-order valence-corrected chi connectivity index (χ3v) is 3.60. The molecular weight excluding hydrogens is 287 g/mol. The summed E-state index contributed by atoms with van der Waals surface area (Å²) in [6.07, 6.45) is 1.66. The Morgan fingerprint density at radius 2 is 1.95 bits per heavy atom. The van der Waals surface area contributed by atoms with Gasteiger partial charge in [-0.25, -0.2) is 0 Å². The van der Waals surface area contributed by atoms with Crippen LogP contribution in [0.4, 0.5) is 13.2 Å². The predicted molar refractivity (Wildman–Crippen MR) is 68.6 cm³/mol. The molecule has 1 aromatic heterocycles. The highest BCUT2D eigenvalue weighted by atomic mass is 19.4. The second kappa shape index (κ2) is 6.74. The molecule has 0 amide bonds. The molecule has 0 radical (unpaired) electrons. The van der Waals surface area contributed by atoms with Crippen molar-refractivity contribution in [2.45, 2.75) is 56.7 Å². The number of hydrogen-bond donors (Lipinski definition) is 1. The van der Waals surface area contributed by atoms with Crippen molar-refractivity contribution in [3.63, 3.8) is 0 Å². The minimum Gasteiger partial charge on any atom is -0.372 e. The number of ether oxygens (including phenoxy) is 1. The van der Waals surface area contributed by atoms with E-state index in [1.165, 1.54) is 6.42 Å². The van der Waals surface area contributed by atoms with E-state index in [4.69, 9.17) is 10.3 Å². The molecular formula is C13H20F3N3O2. The van der Waals surface area contributed by atoms with E-state index in [0.717, 1.165) is 25.7 Å². The summed E-state index contributed by atoms with van der Waals surface area (Å²) in [6, 6.07) is 0. The van der Waals surface area contributed by atoms with Gasteiger partial charge < -0.3 is 15.0 Å². The average Bonchev–Trinajstić information content (AvgIpc) is 2.81. The zero-order valence-corrected chi connectivity index (χ0v) is 11.8. The molecule has 0 atom stereocenters. The third-order valence-electron chi connectivity index (χ3n) is 3.60. The van der Waals surface area contributed by atoms with Gasteiger partial charge in [0.1, 0.15) is 6.61 Å². The quantitative estimate of drug-likeness (QED) is 0.817. The van der Waals surface area contributed by atoms with Crippen molar-refractivity contribution in [1.82, 2.24) is 10.1 Å². The minimum absolute atomic E-state index is 0.0910. The van der Waals surface area contributed by atoms with E-state index >= 15 is 0 Å². The van der Waals surface area contributed by atoms with Crippen LogP contribution in [0.1, 0.15) is 43.8 Å². The first-order valence-electron chi connectivity index (χ1n) is 7.11. The summed E-state index contributed by atoms with van der Waals surface area (Å²) in [7, 11) is 0. The Hall–Kier alpha value is -1.15. The standard InChI is InChI=1S/C13H20F3N3O2/c14-13(15,16)9-20-7-4-10-18-11(21-19-10)8-12(17)5-2-1-3-6-12/h1-9,17H2. The largest absolute Gasteiger partial charge is 0.411 e. The molecule has 1 aliphatic rings. The molecule has 2 rings (SSSR count). The first-order chi connectivity index (χ1) is 9.86. The molecule has 5 nitrogen and oxygen atoms in total. The molecule has 1 heterocycles. The van der Waals surface area contributed by atoms with E-state index in [-0.39, 0.29) is 18.6 Å². The van der Waals surface area contributed by atoms with E-state index in [1.807, 2.05) is 0 Å². The highest BCUT2D eigenvalue weighted by Crippen LogP contribution is 2.28. The Morgan fingerprint density at radius 3 is 2.62 bits per heavy atom. The van der Waals surface area contributed by atoms with Gasteiger partial charge in [0.25, 0.3) is 0 Å². The molecule has 21 heavy (non-hydrogen) atoms. The molecule has 0 aromatic carbocycles. The molecule has 0 unspecified atom stereocenters. The summed E-state index contributed by atoms with van der Waals surface area (Å²) >= 11 is 0. The number of nitrogens with two attached hydrogens (primary N) is 1. The predicted octanol–water partition coefficient (Wildman–Crippen LogP) is 2.40.